The third kappa shape index (κ3) is 4.00. The number of rotatable bonds is 5. The second-order valence-electron chi connectivity index (χ2n) is 5.36. The summed E-state index contributed by atoms with van der Waals surface area (Å²) in [7, 11) is 0. The van der Waals surface area contributed by atoms with E-state index in [4.69, 9.17) is 4.42 Å². The zero-order valence-corrected chi connectivity index (χ0v) is 14.4. The molecule has 0 saturated carbocycles. The molecule has 0 fully saturated rings. The summed E-state index contributed by atoms with van der Waals surface area (Å²) in [5.74, 6) is 1.23. The Morgan fingerprint density at radius 1 is 1.25 bits per heavy atom. The Hall–Kier alpha value is -2.66. The van der Waals surface area contributed by atoms with Gasteiger partial charge in [-0.05, 0) is 37.1 Å². The van der Waals surface area contributed by atoms with E-state index in [0.717, 1.165) is 23.4 Å². The first-order valence-corrected chi connectivity index (χ1v) is 8.62. The van der Waals surface area contributed by atoms with Crippen molar-refractivity contribution in [3.05, 3.63) is 64.9 Å². The minimum absolute atomic E-state index is 0.230. The molecular formula is C19H18N2O2S. The summed E-state index contributed by atoms with van der Waals surface area (Å²) in [5.41, 5.74) is 3.20. The summed E-state index contributed by atoms with van der Waals surface area (Å²) < 4.78 is 5.39. The van der Waals surface area contributed by atoms with E-state index in [2.05, 4.69) is 41.5 Å². The van der Waals surface area contributed by atoms with E-state index in [1.165, 1.54) is 23.0 Å². The maximum atomic E-state index is 11.9. The van der Waals surface area contributed by atoms with Gasteiger partial charge in [0.15, 0.2) is 5.13 Å². The molecule has 1 N–H and O–H groups in total. The van der Waals surface area contributed by atoms with Crippen LogP contribution in [0.15, 0.2) is 52.3 Å². The van der Waals surface area contributed by atoms with E-state index in [1.807, 2.05) is 24.4 Å². The molecule has 122 valence electrons. The van der Waals surface area contributed by atoms with Crippen molar-refractivity contribution in [3.8, 4) is 11.3 Å². The highest BCUT2D eigenvalue weighted by atomic mass is 32.1. The van der Waals surface area contributed by atoms with Gasteiger partial charge < -0.3 is 4.42 Å². The molecule has 0 aliphatic heterocycles. The number of thiazole rings is 1. The van der Waals surface area contributed by atoms with E-state index in [-0.39, 0.29) is 5.91 Å². The van der Waals surface area contributed by atoms with Crippen LogP contribution in [0, 0.1) is 6.92 Å². The third-order valence-electron chi connectivity index (χ3n) is 3.55. The Morgan fingerprint density at radius 2 is 2.04 bits per heavy atom. The highest BCUT2D eigenvalue weighted by Gasteiger charge is 2.06. The van der Waals surface area contributed by atoms with Crippen molar-refractivity contribution in [2.75, 3.05) is 5.32 Å². The zero-order valence-electron chi connectivity index (χ0n) is 13.6. The van der Waals surface area contributed by atoms with Crippen molar-refractivity contribution >= 4 is 28.5 Å². The van der Waals surface area contributed by atoms with Gasteiger partial charge in [0.05, 0.1) is 5.69 Å². The van der Waals surface area contributed by atoms with Crippen LogP contribution in [0.5, 0.6) is 0 Å². The van der Waals surface area contributed by atoms with Gasteiger partial charge in [0.2, 0.25) is 5.91 Å². The molecule has 0 bridgehead atoms. The molecule has 0 unspecified atom stereocenters. The summed E-state index contributed by atoms with van der Waals surface area (Å²) >= 11 is 1.41. The number of aromatic nitrogens is 1. The first-order chi connectivity index (χ1) is 11.6. The van der Waals surface area contributed by atoms with Crippen molar-refractivity contribution in [2.45, 2.75) is 20.3 Å². The van der Waals surface area contributed by atoms with Crippen LogP contribution >= 0.6 is 11.3 Å². The van der Waals surface area contributed by atoms with Crippen molar-refractivity contribution < 1.29 is 9.21 Å². The van der Waals surface area contributed by atoms with Crippen LogP contribution in [-0.2, 0) is 11.2 Å². The monoisotopic (exact) mass is 338 g/mol. The zero-order chi connectivity index (χ0) is 16.9. The molecule has 24 heavy (non-hydrogen) atoms. The van der Waals surface area contributed by atoms with Gasteiger partial charge in [-0.2, -0.15) is 0 Å². The fraction of sp³-hybridized carbons (Fsp3) is 0.158. The molecule has 2 aromatic heterocycles. The lowest BCUT2D eigenvalue weighted by molar-refractivity contribution is -0.111. The van der Waals surface area contributed by atoms with Crippen molar-refractivity contribution in [1.29, 1.82) is 0 Å². The summed E-state index contributed by atoms with van der Waals surface area (Å²) in [6.07, 6.45) is 4.09. The number of amides is 1. The van der Waals surface area contributed by atoms with Gasteiger partial charge >= 0.3 is 0 Å². The van der Waals surface area contributed by atoms with Gasteiger partial charge in [-0.15, -0.1) is 11.3 Å². The largest absolute Gasteiger partial charge is 0.462 e. The van der Waals surface area contributed by atoms with E-state index < -0.39 is 0 Å². The lowest BCUT2D eigenvalue weighted by Crippen LogP contribution is -2.07. The molecule has 3 rings (SSSR count). The summed E-state index contributed by atoms with van der Waals surface area (Å²) in [4.78, 5) is 16.4. The topological polar surface area (TPSA) is 55.1 Å². The number of hydrogen-bond donors (Lipinski definition) is 1. The van der Waals surface area contributed by atoms with Crippen LogP contribution < -0.4 is 5.32 Å². The molecule has 0 atom stereocenters. The van der Waals surface area contributed by atoms with Gasteiger partial charge in [0.1, 0.15) is 11.5 Å². The molecule has 0 radical (unpaired) electrons. The lowest BCUT2D eigenvalue weighted by atomic mass is 10.1. The molecule has 0 spiro atoms. The Labute approximate surface area is 144 Å². The number of hydrogen-bond acceptors (Lipinski definition) is 4. The normalized spacial score (nSPS) is 11.1. The fourth-order valence-corrected chi connectivity index (χ4v) is 2.95. The second kappa shape index (κ2) is 7.27. The Bertz CT molecular complexity index is 860. The molecule has 5 heteroatoms. The van der Waals surface area contributed by atoms with Crippen LogP contribution in [-0.4, -0.2) is 10.9 Å². The predicted octanol–water partition coefficient (Wildman–Crippen LogP) is 4.93. The molecule has 0 aliphatic rings. The van der Waals surface area contributed by atoms with E-state index in [1.54, 1.807) is 6.08 Å². The first kappa shape index (κ1) is 16.2. The van der Waals surface area contributed by atoms with Crippen LogP contribution in [0.4, 0.5) is 5.13 Å². The lowest BCUT2D eigenvalue weighted by Gasteiger charge is -1.99. The van der Waals surface area contributed by atoms with Gasteiger partial charge in [-0.1, -0.05) is 31.2 Å². The van der Waals surface area contributed by atoms with Crippen molar-refractivity contribution in [3.63, 3.8) is 0 Å². The van der Waals surface area contributed by atoms with E-state index in [9.17, 15) is 4.79 Å². The molecular weight excluding hydrogens is 320 g/mol. The molecule has 1 amide bonds. The van der Waals surface area contributed by atoms with Crippen molar-refractivity contribution in [2.24, 2.45) is 0 Å². The Morgan fingerprint density at radius 3 is 2.71 bits per heavy atom. The van der Waals surface area contributed by atoms with Gasteiger partial charge in [0, 0.05) is 17.0 Å². The molecule has 1 aromatic carbocycles. The molecule has 0 saturated heterocycles. The van der Waals surface area contributed by atoms with Crippen LogP contribution in [0.2, 0.25) is 0 Å². The first-order valence-electron chi connectivity index (χ1n) is 7.74. The second-order valence-corrected chi connectivity index (χ2v) is 6.22. The SMILES string of the molecule is CCc1ccc(-c2csc(NC(=O)C=Cc3ccc(C)o3)n2)cc1. The smallest absolute Gasteiger partial charge is 0.250 e. The van der Waals surface area contributed by atoms with Gasteiger partial charge in [-0.25, -0.2) is 4.98 Å². The van der Waals surface area contributed by atoms with Crippen molar-refractivity contribution in [1.82, 2.24) is 4.98 Å². The highest BCUT2D eigenvalue weighted by Crippen LogP contribution is 2.25. The summed E-state index contributed by atoms with van der Waals surface area (Å²) in [6, 6.07) is 12.0. The van der Waals surface area contributed by atoms with Gasteiger partial charge in [-0.3, -0.25) is 10.1 Å². The Kier molecular flexibility index (Phi) is 4.91. The number of benzene rings is 1. The average molecular weight is 338 g/mol. The van der Waals surface area contributed by atoms with Crippen LogP contribution in [0.3, 0.4) is 0 Å². The van der Waals surface area contributed by atoms with Crippen LogP contribution in [0.25, 0.3) is 17.3 Å². The number of furan rings is 1. The number of aryl methyl sites for hydroxylation is 2. The van der Waals surface area contributed by atoms with E-state index in [0.29, 0.717) is 10.9 Å². The molecule has 3 aromatic rings. The van der Waals surface area contributed by atoms with Gasteiger partial charge in [0.25, 0.3) is 0 Å². The predicted molar refractivity (Wildman–Crippen MR) is 98.0 cm³/mol. The molecule has 4 nitrogen and oxygen atoms in total. The molecule has 2 heterocycles. The highest BCUT2D eigenvalue weighted by molar-refractivity contribution is 7.14. The number of anilines is 1. The summed E-state index contributed by atoms with van der Waals surface area (Å²) in [6.45, 7) is 3.99. The number of nitrogens with zero attached hydrogens (tertiary/aromatic N) is 1. The number of nitrogens with one attached hydrogen (secondary N) is 1. The number of carbonyl (C=O) groups excluding carboxylic acids is 1. The third-order valence-corrected chi connectivity index (χ3v) is 4.31. The molecule has 0 aliphatic carbocycles. The quantitative estimate of drug-likeness (QED) is 0.671. The standard InChI is InChI=1S/C19H18N2O2S/c1-3-14-5-7-15(8-6-14)17-12-24-19(20-17)21-18(22)11-10-16-9-4-13(2)23-16/h4-12H,3H2,1-2H3,(H,20,21,22). The average Bonchev–Trinajstić information content (AvgIpc) is 3.22. The maximum Gasteiger partial charge on any atom is 0.250 e. The minimum atomic E-state index is -0.230. The van der Waals surface area contributed by atoms with Crippen LogP contribution in [0.1, 0.15) is 24.0 Å². The minimum Gasteiger partial charge on any atom is -0.462 e. The number of carbonyl (C=O) groups is 1. The fourth-order valence-electron chi connectivity index (χ4n) is 2.22. The van der Waals surface area contributed by atoms with E-state index >= 15 is 0 Å². The summed E-state index contributed by atoms with van der Waals surface area (Å²) in [5, 5.41) is 5.29. The Balaban J connectivity index is 1.64. The maximum absolute atomic E-state index is 11.9.